The molecule has 0 saturated carbocycles. The topological polar surface area (TPSA) is 16.1 Å². The fourth-order valence-electron chi connectivity index (χ4n) is 7.88. The van der Waals surface area contributed by atoms with Crippen molar-refractivity contribution in [1.29, 1.82) is 0 Å². The molecule has 0 fully saturated rings. The largest absolute Gasteiger partial charge is 0.310 e. The summed E-state index contributed by atoms with van der Waals surface area (Å²) in [5.74, 6) is 0. The molecule has 4 heteroatoms. The van der Waals surface area contributed by atoms with Gasteiger partial charge in [-0.3, -0.25) is 4.98 Å². The van der Waals surface area contributed by atoms with Gasteiger partial charge in [-0.25, -0.2) is 0 Å². The van der Waals surface area contributed by atoms with Gasteiger partial charge in [0.25, 0.3) is 0 Å². The summed E-state index contributed by atoms with van der Waals surface area (Å²) in [5.41, 5.74) is 7.87. The van der Waals surface area contributed by atoms with Crippen molar-refractivity contribution in [2.75, 3.05) is 4.90 Å². The number of hydrogen-bond donors (Lipinski definition) is 0. The van der Waals surface area contributed by atoms with Crippen LogP contribution in [0.4, 0.5) is 17.1 Å². The molecule has 0 saturated heterocycles. The summed E-state index contributed by atoms with van der Waals surface area (Å²) in [6, 6.07) is 64.2. The maximum absolute atomic E-state index is 4.52. The Morgan fingerprint density at radius 1 is 0.358 bits per heavy atom. The van der Waals surface area contributed by atoms with Crippen molar-refractivity contribution in [3.63, 3.8) is 0 Å². The molecule has 2 nitrogen and oxygen atoms in total. The number of pyridine rings is 1. The molecule has 0 aliphatic rings. The third-order valence-corrected chi connectivity index (χ3v) is 12.9. The number of thiophene rings is 2. The fraction of sp³-hybridized carbons (Fsp3) is 0. The van der Waals surface area contributed by atoms with E-state index >= 15 is 0 Å². The van der Waals surface area contributed by atoms with Crippen LogP contribution in [0, 0.1) is 0 Å². The van der Waals surface area contributed by atoms with E-state index in [2.05, 4.69) is 174 Å². The van der Waals surface area contributed by atoms with Crippen LogP contribution in [0.15, 0.2) is 182 Å². The third-order valence-electron chi connectivity index (χ3n) is 10.5. The summed E-state index contributed by atoms with van der Waals surface area (Å²) in [6.07, 6.45) is 1.84. The molecule has 53 heavy (non-hydrogen) atoms. The molecule has 0 radical (unpaired) electrons. The van der Waals surface area contributed by atoms with Gasteiger partial charge in [0.15, 0.2) is 0 Å². The highest BCUT2D eigenvalue weighted by Gasteiger charge is 2.18. The van der Waals surface area contributed by atoms with E-state index in [-0.39, 0.29) is 0 Å². The highest BCUT2D eigenvalue weighted by Crippen LogP contribution is 2.45. The van der Waals surface area contributed by atoms with Crippen molar-refractivity contribution in [2.45, 2.75) is 0 Å². The first-order chi connectivity index (χ1) is 26.2. The third kappa shape index (κ3) is 5.02. The summed E-state index contributed by atoms with van der Waals surface area (Å²) in [4.78, 5) is 6.94. The number of anilines is 3. The Morgan fingerprint density at radius 3 is 1.38 bits per heavy atom. The highest BCUT2D eigenvalue weighted by molar-refractivity contribution is 7.27. The lowest BCUT2D eigenvalue weighted by molar-refractivity contribution is 1.30. The quantitative estimate of drug-likeness (QED) is 0.177. The molecule has 0 aliphatic carbocycles. The summed E-state index contributed by atoms with van der Waals surface area (Å²) in [5, 5.41) is 10.4. The van der Waals surface area contributed by atoms with Gasteiger partial charge in [0, 0.05) is 69.2 Å². The Labute approximate surface area is 314 Å². The zero-order valence-electron chi connectivity index (χ0n) is 28.5. The molecule has 3 aromatic heterocycles. The molecule has 0 spiro atoms. The normalized spacial score (nSPS) is 11.8. The SMILES string of the molecule is c1ccc(-c2ccc(-c3ccc(N(c4ccc5c(c4)sc4c6ccccc6ccc54)c4ccc5c(c4)sc4c6ccccc6ccc54)cc3)cc2)nc1. The van der Waals surface area contributed by atoms with Crippen molar-refractivity contribution in [2.24, 2.45) is 0 Å². The number of benzene rings is 8. The molecular weight excluding hydrogens is 681 g/mol. The zero-order chi connectivity index (χ0) is 34.9. The first-order valence-corrected chi connectivity index (χ1v) is 19.5. The Hall–Kier alpha value is -6.33. The van der Waals surface area contributed by atoms with Crippen LogP contribution in [0.25, 0.3) is 84.3 Å². The van der Waals surface area contributed by atoms with Crippen molar-refractivity contribution in [1.82, 2.24) is 4.98 Å². The smallest absolute Gasteiger partial charge is 0.0701 e. The van der Waals surface area contributed by atoms with Crippen LogP contribution in [0.3, 0.4) is 0 Å². The average molecular weight is 711 g/mol. The summed E-state index contributed by atoms with van der Waals surface area (Å²) in [7, 11) is 0. The van der Waals surface area contributed by atoms with Gasteiger partial charge in [0.05, 0.1) is 5.69 Å². The van der Waals surface area contributed by atoms with E-state index in [9.17, 15) is 0 Å². The highest BCUT2D eigenvalue weighted by atomic mass is 32.1. The number of aromatic nitrogens is 1. The molecule has 248 valence electrons. The molecule has 3 heterocycles. The maximum Gasteiger partial charge on any atom is 0.0701 e. The van der Waals surface area contributed by atoms with Gasteiger partial charge >= 0.3 is 0 Å². The lowest BCUT2D eigenvalue weighted by atomic mass is 10.0. The average Bonchev–Trinajstić information content (AvgIpc) is 3.80. The molecule has 0 unspecified atom stereocenters. The van der Waals surface area contributed by atoms with Crippen molar-refractivity contribution in [3.05, 3.63) is 182 Å². The van der Waals surface area contributed by atoms with Crippen LogP contribution >= 0.6 is 22.7 Å². The van der Waals surface area contributed by atoms with Crippen LogP contribution in [-0.2, 0) is 0 Å². The monoisotopic (exact) mass is 710 g/mol. The minimum atomic E-state index is 0.984. The lowest BCUT2D eigenvalue weighted by Gasteiger charge is -2.26. The van der Waals surface area contributed by atoms with E-state index in [1.165, 1.54) is 73.0 Å². The Bertz CT molecular complexity index is 3000. The minimum absolute atomic E-state index is 0.984. The van der Waals surface area contributed by atoms with E-state index in [4.69, 9.17) is 0 Å². The van der Waals surface area contributed by atoms with Gasteiger partial charge in [-0.1, -0.05) is 127 Å². The standard InChI is InChI=1S/C49H30N2S2/c1-3-9-39-33(7-1)18-24-43-41-26-22-37(29-46(41)52-48(39)43)51(36-20-16-32(17-21-36)31-12-14-35(15-13-31)45-11-5-6-28-50-45)38-23-27-42-44-25-19-34-8-2-4-10-40(34)49(44)53-47(42)30-38/h1-30H. The van der Waals surface area contributed by atoms with Crippen LogP contribution < -0.4 is 4.90 Å². The summed E-state index contributed by atoms with van der Waals surface area (Å²) >= 11 is 3.78. The molecule has 11 rings (SSSR count). The van der Waals surface area contributed by atoms with Gasteiger partial charge < -0.3 is 4.90 Å². The van der Waals surface area contributed by atoms with Crippen molar-refractivity contribution < 1.29 is 0 Å². The van der Waals surface area contributed by atoms with E-state index in [0.29, 0.717) is 0 Å². The molecule has 0 aliphatic heterocycles. The maximum atomic E-state index is 4.52. The summed E-state index contributed by atoms with van der Waals surface area (Å²) in [6.45, 7) is 0. The predicted molar refractivity (Wildman–Crippen MR) is 231 cm³/mol. The first-order valence-electron chi connectivity index (χ1n) is 17.9. The first kappa shape index (κ1) is 30.3. The second-order valence-corrected chi connectivity index (χ2v) is 15.7. The van der Waals surface area contributed by atoms with E-state index in [1.54, 1.807) is 0 Å². The van der Waals surface area contributed by atoms with Gasteiger partial charge in [-0.05, 0) is 81.2 Å². The summed E-state index contributed by atoms with van der Waals surface area (Å²) < 4.78 is 5.27. The van der Waals surface area contributed by atoms with E-state index in [0.717, 1.165) is 28.3 Å². The molecule has 8 aromatic carbocycles. The molecule has 0 atom stereocenters. The number of hydrogen-bond acceptors (Lipinski definition) is 4. The van der Waals surface area contributed by atoms with Crippen LogP contribution in [0.1, 0.15) is 0 Å². The van der Waals surface area contributed by atoms with Crippen molar-refractivity contribution in [3.8, 4) is 22.4 Å². The second kappa shape index (κ2) is 12.1. The predicted octanol–water partition coefficient (Wildman–Crippen LogP) is 14.9. The molecular formula is C49H30N2S2. The fourth-order valence-corrected chi connectivity index (χ4v) is 10.4. The van der Waals surface area contributed by atoms with E-state index < -0.39 is 0 Å². The minimum Gasteiger partial charge on any atom is -0.310 e. The molecule has 0 N–H and O–H groups in total. The van der Waals surface area contributed by atoms with Crippen LogP contribution in [0.5, 0.6) is 0 Å². The molecule has 0 bridgehead atoms. The van der Waals surface area contributed by atoms with Crippen LogP contribution in [0.2, 0.25) is 0 Å². The van der Waals surface area contributed by atoms with Gasteiger partial charge in [-0.2, -0.15) is 0 Å². The van der Waals surface area contributed by atoms with Crippen LogP contribution in [-0.4, -0.2) is 4.98 Å². The zero-order valence-corrected chi connectivity index (χ0v) is 30.2. The molecule has 0 amide bonds. The lowest BCUT2D eigenvalue weighted by Crippen LogP contribution is -2.09. The van der Waals surface area contributed by atoms with Crippen molar-refractivity contribution >= 4 is 102 Å². The second-order valence-electron chi connectivity index (χ2n) is 13.6. The number of rotatable bonds is 5. The number of nitrogens with zero attached hydrogens (tertiary/aromatic N) is 2. The molecule has 11 aromatic rings. The Kier molecular flexibility index (Phi) is 6.94. The van der Waals surface area contributed by atoms with E-state index in [1.807, 2.05) is 41.0 Å². The number of fused-ring (bicyclic) bond motifs is 10. The Morgan fingerprint density at radius 2 is 0.830 bits per heavy atom. The van der Waals surface area contributed by atoms with Gasteiger partial charge in [-0.15, -0.1) is 22.7 Å². The Balaban J connectivity index is 1.05. The van der Waals surface area contributed by atoms with Gasteiger partial charge in [0.1, 0.15) is 0 Å². The van der Waals surface area contributed by atoms with Gasteiger partial charge in [0.2, 0.25) is 0 Å².